The van der Waals surface area contributed by atoms with E-state index in [-0.39, 0.29) is 11.7 Å². The molecule has 3 aromatic heterocycles. The Morgan fingerprint density at radius 1 is 1.10 bits per heavy atom. The van der Waals surface area contributed by atoms with Crippen LogP contribution in [0, 0.1) is 6.92 Å². The van der Waals surface area contributed by atoms with E-state index in [0.29, 0.717) is 17.0 Å². The van der Waals surface area contributed by atoms with Gasteiger partial charge in [-0.2, -0.15) is 0 Å². The quantitative estimate of drug-likeness (QED) is 0.446. The Hall–Kier alpha value is -4.06. The third kappa shape index (κ3) is 3.08. The van der Waals surface area contributed by atoms with Crippen LogP contribution in [0.25, 0.3) is 27.9 Å². The van der Waals surface area contributed by atoms with E-state index < -0.39 is 0 Å². The summed E-state index contributed by atoms with van der Waals surface area (Å²) in [5, 5.41) is 3.78. The van der Waals surface area contributed by atoms with Crippen molar-refractivity contribution in [3.8, 4) is 17.0 Å². The molecule has 3 heterocycles. The first-order valence-electron chi connectivity index (χ1n) is 9.55. The number of furan rings is 1. The summed E-state index contributed by atoms with van der Waals surface area (Å²) in [4.78, 5) is 17.5. The Kier molecular flexibility index (Phi) is 4.25. The number of carbonyl (C=O) groups excluding carboxylic acids is 1. The molecule has 1 amide bonds. The van der Waals surface area contributed by atoms with Gasteiger partial charge in [0.15, 0.2) is 5.76 Å². The van der Waals surface area contributed by atoms with Crippen LogP contribution in [0.2, 0.25) is 0 Å². The van der Waals surface area contributed by atoms with Crippen molar-refractivity contribution in [3.63, 3.8) is 0 Å². The van der Waals surface area contributed by atoms with Gasteiger partial charge in [0.1, 0.15) is 17.0 Å². The van der Waals surface area contributed by atoms with Crippen LogP contribution in [0.5, 0.6) is 5.75 Å². The normalized spacial score (nSPS) is 11.1. The molecule has 5 aromatic rings. The number of nitrogens with one attached hydrogen (secondary N) is 1. The van der Waals surface area contributed by atoms with Gasteiger partial charge in [0.05, 0.1) is 18.5 Å². The lowest BCUT2D eigenvalue weighted by Gasteiger charge is -2.10. The second-order valence-electron chi connectivity index (χ2n) is 7.07. The summed E-state index contributed by atoms with van der Waals surface area (Å²) in [6.07, 6.45) is 3.93. The molecule has 0 saturated carbocycles. The van der Waals surface area contributed by atoms with Crippen molar-refractivity contribution < 1.29 is 13.9 Å². The number of hydrogen-bond acceptors (Lipinski definition) is 4. The zero-order chi connectivity index (χ0) is 20.7. The molecule has 30 heavy (non-hydrogen) atoms. The Balaban J connectivity index is 1.50. The smallest absolute Gasteiger partial charge is 0.291 e. The third-order valence-corrected chi connectivity index (χ3v) is 5.07. The average Bonchev–Trinajstić information content (AvgIpc) is 3.39. The molecule has 0 atom stereocenters. The van der Waals surface area contributed by atoms with Crippen molar-refractivity contribution in [1.82, 2.24) is 9.38 Å². The summed E-state index contributed by atoms with van der Waals surface area (Å²) in [6.45, 7) is 2.03. The molecular weight excluding hydrogens is 378 g/mol. The van der Waals surface area contributed by atoms with Crippen molar-refractivity contribution in [2.45, 2.75) is 6.92 Å². The van der Waals surface area contributed by atoms with Gasteiger partial charge in [-0.1, -0.05) is 24.3 Å². The van der Waals surface area contributed by atoms with Crippen LogP contribution in [0.4, 0.5) is 5.69 Å². The lowest BCUT2D eigenvalue weighted by Crippen LogP contribution is -2.11. The highest BCUT2D eigenvalue weighted by molar-refractivity contribution is 6.05. The molecule has 0 radical (unpaired) electrons. The number of ether oxygens (including phenoxy) is 1. The number of para-hydroxylation sites is 1. The molecule has 6 heteroatoms. The molecule has 0 spiro atoms. The maximum absolute atomic E-state index is 12.8. The predicted octanol–water partition coefficient (Wildman–Crippen LogP) is 5.32. The van der Waals surface area contributed by atoms with Crippen LogP contribution in [0.3, 0.4) is 0 Å². The first-order valence-corrected chi connectivity index (χ1v) is 9.55. The lowest BCUT2D eigenvalue weighted by molar-refractivity contribution is 0.0998. The molecule has 0 aliphatic heterocycles. The monoisotopic (exact) mass is 397 g/mol. The van der Waals surface area contributed by atoms with Crippen LogP contribution in [0.15, 0.2) is 77.5 Å². The summed E-state index contributed by atoms with van der Waals surface area (Å²) in [5.41, 5.74) is 4.90. The maximum Gasteiger partial charge on any atom is 0.291 e. The first-order chi connectivity index (χ1) is 14.6. The minimum atomic E-state index is -0.340. The first kappa shape index (κ1) is 18.0. The fourth-order valence-electron chi connectivity index (χ4n) is 3.54. The highest BCUT2D eigenvalue weighted by Crippen LogP contribution is 2.31. The number of amides is 1. The van der Waals surface area contributed by atoms with Gasteiger partial charge in [-0.3, -0.25) is 4.79 Å². The highest BCUT2D eigenvalue weighted by atomic mass is 16.5. The van der Waals surface area contributed by atoms with E-state index in [0.717, 1.165) is 27.9 Å². The van der Waals surface area contributed by atoms with Crippen molar-refractivity contribution in [1.29, 1.82) is 0 Å². The summed E-state index contributed by atoms with van der Waals surface area (Å²) in [7, 11) is 1.57. The van der Waals surface area contributed by atoms with E-state index >= 15 is 0 Å². The van der Waals surface area contributed by atoms with Gasteiger partial charge in [-0.25, -0.2) is 4.98 Å². The molecule has 2 aromatic carbocycles. The molecule has 0 aliphatic rings. The highest BCUT2D eigenvalue weighted by Gasteiger charge is 2.16. The van der Waals surface area contributed by atoms with E-state index in [1.54, 1.807) is 13.2 Å². The second kappa shape index (κ2) is 7.08. The molecule has 0 saturated heterocycles. The van der Waals surface area contributed by atoms with E-state index in [1.165, 1.54) is 0 Å². The number of anilines is 1. The number of aromatic nitrogens is 2. The molecule has 0 aliphatic carbocycles. The number of carbonyl (C=O) groups is 1. The number of nitrogens with zero attached hydrogens (tertiary/aromatic N) is 2. The topological polar surface area (TPSA) is 68.8 Å². The molecule has 5 rings (SSSR count). The van der Waals surface area contributed by atoms with Crippen LogP contribution < -0.4 is 10.1 Å². The van der Waals surface area contributed by atoms with Crippen LogP contribution in [-0.4, -0.2) is 22.4 Å². The number of methoxy groups -OCH3 is 1. The molecule has 1 N–H and O–H groups in total. The Morgan fingerprint density at radius 2 is 1.97 bits per heavy atom. The molecule has 6 nitrogen and oxygen atoms in total. The van der Waals surface area contributed by atoms with Gasteiger partial charge in [-0.15, -0.1) is 0 Å². The molecule has 148 valence electrons. The fourth-order valence-corrected chi connectivity index (χ4v) is 3.54. The van der Waals surface area contributed by atoms with Crippen LogP contribution in [-0.2, 0) is 0 Å². The summed E-state index contributed by atoms with van der Waals surface area (Å²) in [5.74, 6) is 0.461. The Bertz CT molecular complexity index is 1360. The van der Waals surface area contributed by atoms with E-state index in [9.17, 15) is 4.79 Å². The number of pyridine rings is 1. The second-order valence-corrected chi connectivity index (χ2v) is 7.07. The summed E-state index contributed by atoms with van der Waals surface area (Å²) >= 11 is 0. The number of aryl methyl sites for hydroxylation is 1. The number of fused-ring (bicyclic) bond motifs is 2. The van der Waals surface area contributed by atoms with Gasteiger partial charge in [-0.05, 0) is 48.9 Å². The van der Waals surface area contributed by atoms with Crippen LogP contribution >= 0.6 is 0 Å². The SMILES string of the molecule is COc1ccc(-c2cn3cccc(C)c3n2)cc1NC(=O)c1cc2ccccc2o1. The zero-order valence-corrected chi connectivity index (χ0v) is 16.5. The molecule has 0 unspecified atom stereocenters. The lowest BCUT2D eigenvalue weighted by atomic mass is 10.1. The fraction of sp³-hybridized carbons (Fsp3) is 0.0833. The van der Waals surface area contributed by atoms with Crippen LogP contribution in [0.1, 0.15) is 16.1 Å². The summed E-state index contributed by atoms with van der Waals surface area (Å²) in [6, 6.07) is 18.9. The predicted molar refractivity (Wildman–Crippen MR) is 116 cm³/mol. The molecule has 0 bridgehead atoms. The molecular formula is C24H19N3O3. The van der Waals surface area contributed by atoms with Crippen molar-refractivity contribution >= 4 is 28.2 Å². The van der Waals surface area contributed by atoms with Crippen molar-refractivity contribution in [2.24, 2.45) is 0 Å². The largest absolute Gasteiger partial charge is 0.495 e. The number of imidazole rings is 1. The van der Waals surface area contributed by atoms with Gasteiger partial charge in [0.25, 0.3) is 5.91 Å². The Morgan fingerprint density at radius 3 is 2.77 bits per heavy atom. The number of rotatable bonds is 4. The minimum Gasteiger partial charge on any atom is -0.495 e. The zero-order valence-electron chi connectivity index (χ0n) is 16.5. The number of benzene rings is 2. The van der Waals surface area contributed by atoms with Gasteiger partial charge in [0.2, 0.25) is 0 Å². The van der Waals surface area contributed by atoms with Crippen molar-refractivity contribution in [3.05, 3.63) is 84.4 Å². The third-order valence-electron chi connectivity index (χ3n) is 5.07. The standard InChI is InChI=1S/C24H19N3O3/c1-15-6-5-11-27-14-19(25-23(15)27)16-9-10-21(29-2)18(12-16)26-24(28)22-13-17-7-3-4-8-20(17)30-22/h3-14H,1-2H3,(H,26,28). The summed E-state index contributed by atoms with van der Waals surface area (Å²) < 4.78 is 13.1. The van der Waals surface area contributed by atoms with Gasteiger partial charge < -0.3 is 18.9 Å². The van der Waals surface area contributed by atoms with E-state index in [4.69, 9.17) is 14.1 Å². The van der Waals surface area contributed by atoms with E-state index in [2.05, 4.69) is 5.32 Å². The molecule has 0 fully saturated rings. The average molecular weight is 397 g/mol. The van der Waals surface area contributed by atoms with Crippen molar-refractivity contribution in [2.75, 3.05) is 12.4 Å². The van der Waals surface area contributed by atoms with E-state index in [1.807, 2.05) is 78.3 Å². The Labute approximate surface area is 172 Å². The maximum atomic E-state index is 12.8. The van der Waals surface area contributed by atoms with Gasteiger partial charge >= 0.3 is 0 Å². The number of hydrogen-bond donors (Lipinski definition) is 1. The minimum absolute atomic E-state index is 0.243. The van der Waals surface area contributed by atoms with Gasteiger partial charge in [0, 0.05) is 23.3 Å².